The Morgan fingerprint density at radius 1 is 1.24 bits per heavy atom. The van der Waals surface area contributed by atoms with E-state index in [2.05, 4.69) is 5.10 Å². The fourth-order valence-electron chi connectivity index (χ4n) is 2.47. The summed E-state index contributed by atoms with van der Waals surface area (Å²) < 4.78 is 13.1. The van der Waals surface area contributed by atoms with E-state index in [-0.39, 0.29) is 5.78 Å². The summed E-state index contributed by atoms with van der Waals surface area (Å²) in [5.74, 6) is 2.04. The molecular weight excluding hydrogens is 316 g/mol. The molecule has 0 spiro atoms. The van der Waals surface area contributed by atoms with Gasteiger partial charge in [0.15, 0.2) is 0 Å². The van der Waals surface area contributed by atoms with Crippen molar-refractivity contribution >= 4 is 11.9 Å². The van der Waals surface area contributed by atoms with Crippen LogP contribution in [0.2, 0.25) is 0 Å². The molecule has 1 aromatic carbocycles. The lowest BCUT2D eigenvalue weighted by Crippen LogP contribution is -2.07. The lowest BCUT2D eigenvalue weighted by molar-refractivity contribution is 0.103. The second-order valence-corrected chi connectivity index (χ2v) is 5.59. The van der Waals surface area contributed by atoms with Gasteiger partial charge in [0.2, 0.25) is 5.78 Å². The highest BCUT2D eigenvalue weighted by atomic mass is 16.5. The number of furan rings is 1. The zero-order chi connectivity index (χ0) is 17.6. The van der Waals surface area contributed by atoms with Crippen molar-refractivity contribution in [1.29, 1.82) is 0 Å². The largest absolute Gasteiger partial charge is 0.485 e. The third-order valence-corrected chi connectivity index (χ3v) is 3.81. The average Bonchev–Trinajstić information content (AvgIpc) is 3.28. The van der Waals surface area contributed by atoms with Gasteiger partial charge in [0.05, 0.1) is 0 Å². The summed E-state index contributed by atoms with van der Waals surface area (Å²) in [7, 11) is 0. The number of rotatable bonds is 7. The van der Waals surface area contributed by atoms with Crippen LogP contribution < -0.4 is 4.74 Å². The van der Waals surface area contributed by atoms with Crippen LogP contribution in [0.4, 0.5) is 0 Å². The molecule has 2 aromatic heterocycles. The number of hydrogen-bond donors (Lipinski definition) is 0. The molecule has 25 heavy (non-hydrogen) atoms. The summed E-state index contributed by atoms with van der Waals surface area (Å²) in [4.78, 5) is 12.2. The number of para-hydroxylation sites is 1. The quantitative estimate of drug-likeness (QED) is 0.477. The molecule has 0 N–H and O–H groups in total. The molecular formula is C20H20N2O3. The molecule has 3 aromatic rings. The van der Waals surface area contributed by atoms with E-state index < -0.39 is 0 Å². The average molecular weight is 336 g/mol. The molecule has 3 rings (SSSR count). The van der Waals surface area contributed by atoms with Gasteiger partial charge in [-0.2, -0.15) is 5.10 Å². The first-order valence-electron chi connectivity index (χ1n) is 8.18. The molecule has 0 fully saturated rings. The maximum atomic E-state index is 12.2. The Hall–Kier alpha value is -3.08. The van der Waals surface area contributed by atoms with E-state index in [1.54, 1.807) is 23.0 Å². The molecule has 0 saturated heterocycles. The molecule has 128 valence electrons. The Bertz CT molecular complexity index is 890. The van der Waals surface area contributed by atoms with Gasteiger partial charge in [0, 0.05) is 12.7 Å². The lowest BCUT2D eigenvalue weighted by atomic mass is 10.2. The van der Waals surface area contributed by atoms with Gasteiger partial charge >= 0.3 is 0 Å². The van der Waals surface area contributed by atoms with Crippen molar-refractivity contribution in [2.24, 2.45) is 0 Å². The van der Waals surface area contributed by atoms with Crippen molar-refractivity contribution in [1.82, 2.24) is 9.78 Å². The highest BCUT2D eigenvalue weighted by Crippen LogP contribution is 2.19. The van der Waals surface area contributed by atoms with Crippen LogP contribution in [0.15, 0.2) is 59.2 Å². The molecule has 0 atom stereocenters. The van der Waals surface area contributed by atoms with Gasteiger partial charge in [0.1, 0.15) is 29.6 Å². The number of ether oxygens (including phenoxy) is 1. The van der Waals surface area contributed by atoms with Gasteiger partial charge in [-0.1, -0.05) is 18.2 Å². The van der Waals surface area contributed by atoms with Gasteiger partial charge < -0.3 is 9.15 Å². The number of carbonyl (C=O) groups is 1. The molecule has 0 saturated carbocycles. The lowest BCUT2D eigenvalue weighted by Gasteiger charge is -2.06. The number of ketones is 1. The highest BCUT2D eigenvalue weighted by Gasteiger charge is 2.08. The fraction of sp³-hybridized carbons (Fsp3) is 0.200. The van der Waals surface area contributed by atoms with Crippen LogP contribution in [-0.4, -0.2) is 15.6 Å². The smallest absolute Gasteiger partial charge is 0.203 e. The minimum atomic E-state index is -0.103. The maximum absolute atomic E-state index is 12.2. The first-order chi connectivity index (χ1) is 12.2. The maximum Gasteiger partial charge on any atom is 0.203 e. The van der Waals surface area contributed by atoms with Crippen LogP contribution in [0.5, 0.6) is 5.75 Å². The summed E-state index contributed by atoms with van der Waals surface area (Å²) in [6.07, 6.45) is 4.78. The molecule has 5 heteroatoms. The highest BCUT2D eigenvalue weighted by molar-refractivity contribution is 6.05. The molecule has 0 aliphatic heterocycles. The number of benzene rings is 1. The van der Waals surface area contributed by atoms with Crippen molar-refractivity contribution in [3.05, 3.63) is 77.5 Å². The van der Waals surface area contributed by atoms with E-state index in [0.29, 0.717) is 30.4 Å². The topological polar surface area (TPSA) is 57.3 Å². The Labute approximate surface area is 146 Å². The normalized spacial score (nSPS) is 11.1. The first-order valence-corrected chi connectivity index (χ1v) is 8.18. The van der Waals surface area contributed by atoms with E-state index in [0.717, 1.165) is 11.3 Å². The third kappa shape index (κ3) is 4.07. The standard InChI is InChI=1S/C20H20N2O3/c1-3-22-18(12-13-21-22)19(23)11-10-16-8-9-17(25-16)14-24-20-7-5-4-6-15(20)2/h4-13H,3,14H2,1-2H3/b11-10+. The van der Waals surface area contributed by atoms with Crippen molar-refractivity contribution in [3.8, 4) is 5.75 Å². The summed E-state index contributed by atoms with van der Waals surface area (Å²) in [5, 5.41) is 4.10. The van der Waals surface area contributed by atoms with Gasteiger partial charge in [0.25, 0.3) is 0 Å². The first kappa shape index (κ1) is 16.8. The van der Waals surface area contributed by atoms with Crippen LogP contribution in [-0.2, 0) is 13.2 Å². The van der Waals surface area contributed by atoms with E-state index >= 15 is 0 Å². The predicted octanol–water partition coefficient (Wildman–Crippen LogP) is 4.28. The van der Waals surface area contributed by atoms with Crippen LogP contribution in [0, 0.1) is 6.92 Å². The summed E-state index contributed by atoms with van der Waals surface area (Å²) in [5.41, 5.74) is 1.64. The number of aromatic nitrogens is 2. The molecule has 0 unspecified atom stereocenters. The number of nitrogens with zero attached hydrogens (tertiary/aromatic N) is 2. The Kier molecular flexibility index (Phi) is 5.14. The number of allylic oxidation sites excluding steroid dienone is 1. The van der Waals surface area contributed by atoms with Crippen molar-refractivity contribution in [2.75, 3.05) is 0 Å². The Morgan fingerprint density at radius 3 is 2.88 bits per heavy atom. The molecule has 0 bridgehead atoms. The van der Waals surface area contributed by atoms with Crippen molar-refractivity contribution < 1.29 is 13.9 Å². The summed E-state index contributed by atoms with van der Waals surface area (Å²) in [6, 6.07) is 13.2. The fourth-order valence-corrected chi connectivity index (χ4v) is 2.47. The van der Waals surface area contributed by atoms with Crippen molar-refractivity contribution in [3.63, 3.8) is 0 Å². The van der Waals surface area contributed by atoms with Crippen molar-refractivity contribution in [2.45, 2.75) is 27.0 Å². The van der Waals surface area contributed by atoms with Gasteiger partial charge in [-0.15, -0.1) is 0 Å². The zero-order valence-corrected chi connectivity index (χ0v) is 14.3. The number of hydrogen-bond acceptors (Lipinski definition) is 4. The van der Waals surface area contributed by atoms with Crippen LogP contribution in [0.1, 0.15) is 34.5 Å². The monoisotopic (exact) mass is 336 g/mol. The van der Waals surface area contributed by atoms with Crippen LogP contribution >= 0.6 is 0 Å². The summed E-state index contributed by atoms with van der Waals surface area (Å²) in [6.45, 7) is 4.94. The second-order valence-electron chi connectivity index (χ2n) is 5.59. The van der Waals surface area contributed by atoms with E-state index in [1.807, 2.05) is 50.2 Å². The van der Waals surface area contributed by atoms with Crippen LogP contribution in [0.3, 0.4) is 0 Å². The molecule has 0 radical (unpaired) electrons. The van der Waals surface area contributed by atoms with Crippen LogP contribution in [0.25, 0.3) is 6.08 Å². The minimum Gasteiger partial charge on any atom is -0.485 e. The van der Waals surface area contributed by atoms with Gasteiger partial charge in [-0.05, 0) is 55.8 Å². The molecule has 2 heterocycles. The predicted molar refractivity (Wildman–Crippen MR) is 95.5 cm³/mol. The Morgan fingerprint density at radius 2 is 2.08 bits per heavy atom. The number of carbonyl (C=O) groups excluding carboxylic acids is 1. The molecule has 0 aliphatic rings. The van der Waals surface area contributed by atoms with E-state index in [9.17, 15) is 4.79 Å². The third-order valence-electron chi connectivity index (χ3n) is 3.81. The van der Waals surface area contributed by atoms with E-state index in [4.69, 9.17) is 9.15 Å². The SMILES string of the molecule is CCn1nccc1C(=O)/C=C/c1ccc(COc2ccccc2C)o1. The molecule has 5 nitrogen and oxygen atoms in total. The van der Waals surface area contributed by atoms with E-state index in [1.165, 1.54) is 6.08 Å². The van der Waals surface area contributed by atoms with Gasteiger partial charge in [-0.3, -0.25) is 9.48 Å². The zero-order valence-electron chi connectivity index (χ0n) is 14.3. The molecule has 0 aliphatic carbocycles. The number of aryl methyl sites for hydroxylation is 2. The Balaban J connectivity index is 1.62. The molecule has 0 amide bonds. The van der Waals surface area contributed by atoms with Gasteiger partial charge in [-0.25, -0.2) is 0 Å². The summed E-state index contributed by atoms with van der Waals surface area (Å²) >= 11 is 0. The minimum absolute atomic E-state index is 0.103. The second kappa shape index (κ2) is 7.66.